The van der Waals surface area contributed by atoms with Crippen LogP contribution >= 0.6 is 0 Å². The van der Waals surface area contributed by atoms with E-state index in [-0.39, 0.29) is 17.1 Å². The Labute approximate surface area is 163 Å². The zero-order valence-corrected chi connectivity index (χ0v) is 16.5. The molecule has 146 valence electrons. The third-order valence-corrected chi connectivity index (χ3v) is 6.48. The minimum atomic E-state index is -0.129. The molecule has 2 bridgehead atoms. The summed E-state index contributed by atoms with van der Waals surface area (Å²) < 4.78 is 15.1. The number of ether oxygens (including phenoxy) is 2. The first-order valence-corrected chi connectivity index (χ1v) is 9.86. The Hall–Kier alpha value is -2.60. The van der Waals surface area contributed by atoms with Gasteiger partial charge in [0.1, 0.15) is 17.1 Å². The zero-order chi connectivity index (χ0) is 19.5. The van der Waals surface area contributed by atoms with Gasteiger partial charge < -0.3 is 14.0 Å². The topological polar surface area (TPSA) is 57.8 Å². The van der Waals surface area contributed by atoms with Gasteiger partial charge in [0.05, 0.1) is 37.5 Å². The third kappa shape index (κ3) is 2.51. The maximum absolute atomic E-state index is 13.2. The van der Waals surface area contributed by atoms with E-state index in [1.165, 1.54) is 0 Å². The van der Waals surface area contributed by atoms with Crippen molar-refractivity contribution in [2.75, 3.05) is 7.11 Å². The van der Waals surface area contributed by atoms with Gasteiger partial charge in [-0.15, -0.1) is 0 Å². The van der Waals surface area contributed by atoms with Gasteiger partial charge in [-0.25, -0.2) is 4.98 Å². The molecule has 28 heavy (non-hydrogen) atoms. The van der Waals surface area contributed by atoms with Gasteiger partial charge >= 0.3 is 0 Å². The summed E-state index contributed by atoms with van der Waals surface area (Å²) in [7, 11) is 1.65. The number of aryl methyl sites for hydroxylation is 1. The molecule has 0 radical (unpaired) electrons. The first-order valence-electron chi connectivity index (χ1n) is 9.86. The molecule has 0 N–H and O–H groups in total. The second-order valence-electron chi connectivity index (χ2n) is 8.29. The summed E-state index contributed by atoms with van der Waals surface area (Å²) in [6, 6.07) is 7.82. The summed E-state index contributed by atoms with van der Waals surface area (Å²) in [6.07, 6.45) is 7.48. The number of benzene rings is 1. The molecule has 0 amide bonds. The fourth-order valence-electron chi connectivity index (χ4n) is 4.90. The molecule has 4 heterocycles. The van der Waals surface area contributed by atoms with Crippen molar-refractivity contribution in [3.63, 3.8) is 0 Å². The van der Waals surface area contributed by atoms with Crippen LogP contribution in [0.5, 0.6) is 5.75 Å². The normalized spacial score (nSPS) is 26.2. The number of nitrogens with zero attached hydrogens (tertiary/aromatic N) is 3. The molecule has 2 aromatic heterocycles. The Morgan fingerprint density at radius 1 is 1.29 bits per heavy atom. The molecule has 2 aliphatic rings. The van der Waals surface area contributed by atoms with Crippen LogP contribution in [0.3, 0.4) is 0 Å². The van der Waals surface area contributed by atoms with E-state index in [4.69, 9.17) is 14.5 Å². The van der Waals surface area contributed by atoms with Gasteiger partial charge in [-0.05, 0) is 50.8 Å². The summed E-state index contributed by atoms with van der Waals surface area (Å²) in [5.41, 5.74) is 2.46. The lowest BCUT2D eigenvalue weighted by molar-refractivity contribution is 0.0859. The number of fused-ring (bicyclic) bond motifs is 3. The molecule has 0 saturated carbocycles. The maximum atomic E-state index is 13.2. The second-order valence-corrected chi connectivity index (χ2v) is 8.29. The fraction of sp³-hybridized carbons (Fsp3) is 0.455. The number of aromatic nitrogens is 3. The van der Waals surface area contributed by atoms with Crippen molar-refractivity contribution in [3.8, 4) is 5.75 Å². The summed E-state index contributed by atoms with van der Waals surface area (Å²) in [6.45, 7) is 4.73. The van der Waals surface area contributed by atoms with E-state index in [0.29, 0.717) is 18.2 Å². The minimum Gasteiger partial charge on any atom is -0.497 e. The van der Waals surface area contributed by atoms with Crippen molar-refractivity contribution in [3.05, 3.63) is 64.1 Å². The van der Waals surface area contributed by atoms with E-state index in [0.717, 1.165) is 42.1 Å². The maximum Gasteiger partial charge on any atom is 0.276 e. The van der Waals surface area contributed by atoms with Crippen molar-refractivity contribution in [1.82, 2.24) is 14.0 Å². The molecule has 2 aliphatic heterocycles. The highest BCUT2D eigenvalue weighted by Crippen LogP contribution is 2.48. The molecule has 6 heteroatoms. The molecule has 3 aromatic rings. The van der Waals surface area contributed by atoms with Crippen molar-refractivity contribution >= 4 is 5.52 Å². The average Bonchev–Trinajstić information content (AvgIpc) is 3.40. The predicted octanol–water partition coefficient (Wildman–Crippen LogP) is 3.07. The lowest BCUT2D eigenvalue weighted by atomic mass is 9.75. The smallest absolute Gasteiger partial charge is 0.276 e. The minimum absolute atomic E-state index is 0.0118. The summed E-state index contributed by atoms with van der Waals surface area (Å²) >= 11 is 0. The molecule has 3 atom stereocenters. The highest BCUT2D eigenvalue weighted by atomic mass is 16.5. The van der Waals surface area contributed by atoms with Gasteiger partial charge in [0.25, 0.3) is 5.56 Å². The largest absolute Gasteiger partial charge is 0.497 e. The molecule has 0 unspecified atom stereocenters. The number of hydrogen-bond donors (Lipinski definition) is 0. The van der Waals surface area contributed by atoms with Gasteiger partial charge in [-0.2, -0.15) is 0 Å². The van der Waals surface area contributed by atoms with Crippen LogP contribution in [0.15, 0.2) is 41.5 Å². The molecule has 0 aliphatic carbocycles. The first-order chi connectivity index (χ1) is 13.5. The molecule has 2 fully saturated rings. The lowest BCUT2D eigenvalue weighted by Gasteiger charge is -2.30. The van der Waals surface area contributed by atoms with Crippen LogP contribution in [0.4, 0.5) is 0 Å². The third-order valence-electron chi connectivity index (χ3n) is 6.48. The van der Waals surface area contributed by atoms with Crippen molar-refractivity contribution in [2.45, 2.75) is 57.3 Å². The number of methoxy groups -OCH3 is 1. The Morgan fingerprint density at radius 2 is 2.07 bits per heavy atom. The number of hydrogen-bond acceptors (Lipinski definition) is 4. The zero-order valence-electron chi connectivity index (χ0n) is 16.5. The Bertz CT molecular complexity index is 1100. The molecule has 0 spiro atoms. The molecule has 2 saturated heterocycles. The van der Waals surface area contributed by atoms with Crippen LogP contribution in [-0.4, -0.2) is 33.3 Å². The highest BCUT2D eigenvalue weighted by molar-refractivity contribution is 5.46. The lowest BCUT2D eigenvalue weighted by Crippen LogP contribution is -2.36. The Kier molecular flexibility index (Phi) is 3.88. The quantitative estimate of drug-likeness (QED) is 0.699. The molecule has 5 rings (SSSR count). The van der Waals surface area contributed by atoms with Crippen LogP contribution in [0.25, 0.3) is 5.52 Å². The SMILES string of the molecule is COc1ccc(Cn2c(C)cn3c([C@@]4(C)C[C@@H]5CC[C@H]4O5)ncc3c2=O)cc1. The van der Waals surface area contributed by atoms with E-state index in [1.54, 1.807) is 13.3 Å². The van der Waals surface area contributed by atoms with Crippen LogP contribution in [-0.2, 0) is 16.7 Å². The standard InChI is InChI=1S/C22H25N3O3/c1-14-12-25-18(11-23-21(25)22(2)10-17-8-9-19(22)28-17)20(26)24(14)13-15-4-6-16(27-3)7-5-15/h4-7,11-12,17,19H,8-10,13H2,1-3H3/t17-,19+,22-/m0/s1. The summed E-state index contributed by atoms with van der Waals surface area (Å²) in [4.78, 5) is 17.9. The van der Waals surface area contributed by atoms with Crippen LogP contribution in [0, 0.1) is 6.92 Å². The number of rotatable bonds is 4. The van der Waals surface area contributed by atoms with E-state index in [9.17, 15) is 4.79 Å². The van der Waals surface area contributed by atoms with Gasteiger partial charge in [0.15, 0.2) is 0 Å². The first kappa shape index (κ1) is 17.5. The van der Waals surface area contributed by atoms with Gasteiger partial charge in [-0.1, -0.05) is 12.1 Å². The summed E-state index contributed by atoms with van der Waals surface area (Å²) in [5, 5.41) is 0. The second kappa shape index (κ2) is 6.21. The molecule has 1 aromatic carbocycles. The number of imidazole rings is 1. The van der Waals surface area contributed by atoms with E-state index in [2.05, 4.69) is 6.92 Å². The molecular formula is C22H25N3O3. The molecular weight excluding hydrogens is 354 g/mol. The van der Waals surface area contributed by atoms with Crippen LogP contribution in [0.1, 0.15) is 43.3 Å². The summed E-state index contributed by atoms with van der Waals surface area (Å²) in [5.74, 6) is 1.76. The van der Waals surface area contributed by atoms with E-state index >= 15 is 0 Å². The Morgan fingerprint density at radius 3 is 2.71 bits per heavy atom. The molecule has 6 nitrogen and oxygen atoms in total. The van der Waals surface area contributed by atoms with Crippen LogP contribution < -0.4 is 10.3 Å². The van der Waals surface area contributed by atoms with Gasteiger partial charge in [0.2, 0.25) is 0 Å². The van der Waals surface area contributed by atoms with Crippen molar-refractivity contribution in [2.24, 2.45) is 0 Å². The van der Waals surface area contributed by atoms with Crippen molar-refractivity contribution in [1.29, 1.82) is 0 Å². The monoisotopic (exact) mass is 379 g/mol. The predicted molar refractivity (Wildman–Crippen MR) is 106 cm³/mol. The average molecular weight is 379 g/mol. The van der Waals surface area contributed by atoms with Crippen molar-refractivity contribution < 1.29 is 9.47 Å². The Balaban J connectivity index is 1.55. The van der Waals surface area contributed by atoms with Crippen LogP contribution in [0.2, 0.25) is 0 Å². The van der Waals surface area contributed by atoms with Gasteiger partial charge in [0, 0.05) is 11.9 Å². The fourth-order valence-corrected chi connectivity index (χ4v) is 4.90. The van der Waals surface area contributed by atoms with Gasteiger partial charge in [-0.3, -0.25) is 9.20 Å². The highest BCUT2D eigenvalue weighted by Gasteiger charge is 2.52. The van der Waals surface area contributed by atoms with E-state index < -0.39 is 0 Å². The van der Waals surface area contributed by atoms with E-state index in [1.807, 2.05) is 46.4 Å².